The monoisotopic (exact) mass is 352 g/mol. The lowest BCUT2D eigenvalue weighted by Gasteiger charge is -2.13. The van der Waals surface area contributed by atoms with Crippen LogP contribution >= 0.6 is 0 Å². The van der Waals surface area contributed by atoms with Crippen LogP contribution in [0.2, 0.25) is 0 Å². The Balaban J connectivity index is 2.42. The molecule has 2 rings (SSSR count). The summed E-state index contributed by atoms with van der Waals surface area (Å²) in [6.45, 7) is 1.69. The van der Waals surface area contributed by atoms with Crippen LogP contribution in [0.25, 0.3) is 0 Å². The Morgan fingerprint density at radius 2 is 1.88 bits per heavy atom. The molecule has 24 heavy (non-hydrogen) atoms. The molecule has 0 bridgehead atoms. The van der Waals surface area contributed by atoms with Crippen LogP contribution in [0.4, 0.5) is 0 Å². The number of carbonyl (C=O) groups excluding carboxylic acids is 1. The van der Waals surface area contributed by atoms with E-state index in [1.165, 1.54) is 38.3 Å². The first-order chi connectivity index (χ1) is 11.2. The summed E-state index contributed by atoms with van der Waals surface area (Å²) in [5, 5.41) is 9.34. The van der Waals surface area contributed by atoms with Crippen molar-refractivity contribution in [3.63, 3.8) is 0 Å². The summed E-state index contributed by atoms with van der Waals surface area (Å²) in [6, 6.07) is 6.26. The molecule has 1 aliphatic heterocycles. The number of hydrazone groups is 1. The topological polar surface area (TPSA) is 91.6 Å². The molecule has 0 radical (unpaired) electrons. The highest BCUT2D eigenvalue weighted by Gasteiger charge is 2.37. The second kappa shape index (κ2) is 6.70. The second-order valence-electron chi connectivity index (χ2n) is 5.51. The van der Waals surface area contributed by atoms with E-state index in [4.69, 9.17) is 4.84 Å². The molecule has 0 fully saturated rings. The zero-order valence-corrected chi connectivity index (χ0v) is 15.0. The number of carbonyl (C=O) groups is 1. The van der Waals surface area contributed by atoms with Gasteiger partial charge in [0.15, 0.2) is 0 Å². The minimum absolute atomic E-state index is 0.174. The van der Waals surface area contributed by atoms with Gasteiger partial charge in [0.1, 0.15) is 13.0 Å². The fourth-order valence-corrected chi connectivity index (χ4v) is 3.28. The number of oxime groups is 1. The second-order valence-corrected chi connectivity index (χ2v) is 7.66. The highest BCUT2D eigenvalue weighted by atomic mass is 32.2. The standard InChI is InChI=1S/C15H20N4O4S/c1-10(17-23-5)13-14(16-19(4)15(13)20)11-6-8-12(9-7-11)24(21,22)18(2)3/h6-9,13H,1-5H3. The van der Waals surface area contributed by atoms with Crippen LogP contribution in [0.3, 0.4) is 0 Å². The van der Waals surface area contributed by atoms with Gasteiger partial charge < -0.3 is 4.84 Å². The maximum absolute atomic E-state index is 12.3. The van der Waals surface area contributed by atoms with Crippen molar-refractivity contribution in [3.05, 3.63) is 29.8 Å². The van der Waals surface area contributed by atoms with Gasteiger partial charge in [-0.25, -0.2) is 17.7 Å². The maximum atomic E-state index is 12.3. The van der Waals surface area contributed by atoms with E-state index in [0.717, 1.165) is 4.31 Å². The molecule has 1 atom stereocenters. The number of hydrogen-bond donors (Lipinski definition) is 0. The Morgan fingerprint density at radius 3 is 2.38 bits per heavy atom. The molecule has 0 saturated carbocycles. The van der Waals surface area contributed by atoms with Gasteiger partial charge in [-0.05, 0) is 24.6 Å². The van der Waals surface area contributed by atoms with E-state index in [0.29, 0.717) is 17.0 Å². The number of nitrogens with zero attached hydrogens (tertiary/aromatic N) is 4. The van der Waals surface area contributed by atoms with Crippen molar-refractivity contribution in [3.8, 4) is 0 Å². The Kier molecular flexibility index (Phi) is 5.05. The largest absolute Gasteiger partial charge is 0.399 e. The molecule has 0 aromatic heterocycles. The minimum atomic E-state index is -3.50. The molecule has 1 heterocycles. The van der Waals surface area contributed by atoms with Gasteiger partial charge in [0.25, 0.3) is 5.91 Å². The third-order valence-electron chi connectivity index (χ3n) is 3.68. The van der Waals surface area contributed by atoms with Crippen LogP contribution < -0.4 is 0 Å². The van der Waals surface area contributed by atoms with Gasteiger partial charge in [0.2, 0.25) is 10.0 Å². The van der Waals surface area contributed by atoms with Gasteiger partial charge in [0.05, 0.1) is 16.3 Å². The van der Waals surface area contributed by atoms with Crippen molar-refractivity contribution in [1.82, 2.24) is 9.31 Å². The van der Waals surface area contributed by atoms with Gasteiger partial charge in [-0.15, -0.1) is 0 Å². The zero-order valence-electron chi connectivity index (χ0n) is 14.2. The summed E-state index contributed by atoms with van der Waals surface area (Å²) in [5.41, 5.74) is 1.64. The third kappa shape index (κ3) is 3.17. The molecule has 1 aromatic rings. The number of rotatable bonds is 5. The number of amides is 1. The Morgan fingerprint density at radius 1 is 1.29 bits per heavy atom. The molecule has 1 amide bonds. The first-order valence-corrected chi connectivity index (χ1v) is 8.60. The summed E-state index contributed by atoms with van der Waals surface area (Å²) >= 11 is 0. The molecule has 0 N–H and O–H groups in total. The lowest BCUT2D eigenvalue weighted by Crippen LogP contribution is -2.31. The molecule has 0 saturated heterocycles. The van der Waals surface area contributed by atoms with Crippen LogP contribution in [0.5, 0.6) is 0 Å². The van der Waals surface area contributed by atoms with E-state index in [1.54, 1.807) is 26.1 Å². The van der Waals surface area contributed by atoms with E-state index in [2.05, 4.69) is 10.3 Å². The first-order valence-electron chi connectivity index (χ1n) is 7.16. The van der Waals surface area contributed by atoms with Crippen molar-refractivity contribution >= 4 is 27.4 Å². The van der Waals surface area contributed by atoms with E-state index < -0.39 is 15.9 Å². The smallest absolute Gasteiger partial charge is 0.257 e. The summed E-state index contributed by atoms with van der Waals surface area (Å²) in [6.07, 6.45) is 0. The predicted molar refractivity (Wildman–Crippen MR) is 90.2 cm³/mol. The van der Waals surface area contributed by atoms with Crippen molar-refractivity contribution in [1.29, 1.82) is 0 Å². The van der Waals surface area contributed by atoms with Crippen molar-refractivity contribution in [2.24, 2.45) is 16.2 Å². The molecule has 0 spiro atoms. The van der Waals surface area contributed by atoms with Gasteiger partial charge in [-0.3, -0.25) is 4.79 Å². The lowest BCUT2D eigenvalue weighted by molar-refractivity contribution is -0.128. The van der Waals surface area contributed by atoms with Crippen LogP contribution in [-0.2, 0) is 19.7 Å². The van der Waals surface area contributed by atoms with E-state index in [-0.39, 0.29) is 10.8 Å². The van der Waals surface area contributed by atoms with Crippen LogP contribution in [-0.4, -0.2) is 63.3 Å². The average Bonchev–Trinajstić information content (AvgIpc) is 2.83. The molecule has 1 aromatic carbocycles. The summed E-state index contributed by atoms with van der Waals surface area (Å²) in [5.74, 6) is -0.862. The summed E-state index contributed by atoms with van der Waals surface area (Å²) < 4.78 is 25.4. The average molecular weight is 352 g/mol. The molecular weight excluding hydrogens is 332 g/mol. The fraction of sp³-hybridized carbons (Fsp3) is 0.400. The molecule has 130 valence electrons. The van der Waals surface area contributed by atoms with Gasteiger partial charge in [-0.2, -0.15) is 5.10 Å². The van der Waals surface area contributed by atoms with Crippen LogP contribution in [0.1, 0.15) is 12.5 Å². The molecule has 9 heteroatoms. The van der Waals surface area contributed by atoms with Crippen molar-refractivity contribution in [2.45, 2.75) is 11.8 Å². The Hall–Kier alpha value is -2.26. The quantitative estimate of drug-likeness (QED) is 0.577. The Bertz CT molecular complexity index is 797. The summed E-state index contributed by atoms with van der Waals surface area (Å²) in [4.78, 5) is 17.2. The first kappa shape index (κ1) is 18.1. The number of hydrogen-bond acceptors (Lipinski definition) is 6. The van der Waals surface area contributed by atoms with Crippen molar-refractivity contribution in [2.75, 3.05) is 28.3 Å². The minimum Gasteiger partial charge on any atom is -0.399 e. The highest BCUT2D eigenvalue weighted by molar-refractivity contribution is 7.89. The van der Waals surface area contributed by atoms with Crippen LogP contribution in [0.15, 0.2) is 39.4 Å². The fourth-order valence-electron chi connectivity index (χ4n) is 2.38. The van der Waals surface area contributed by atoms with Crippen molar-refractivity contribution < 1.29 is 18.0 Å². The van der Waals surface area contributed by atoms with Crippen LogP contribution in [0, 0.1) is 5.92 Å². The number of benzene rings is 1. The zero-order chi connectivity index (χ0) is 18.1. The molecule has 1 aliphatic rings. The summed E-state index contributed by atoms with van der Waals surface area (Å²) in [7, 11) is 2.41. The lowest BCUT2D eigenvalue weighted by atomic mass is 9.93. The van der Waals surface area contributed by atoms with E-state index in [1.807, 2.05) is 0 Å². The van der Waals surface area contributed by atoms with Gasteiger partial charge >= 0.3 is 0 Å². The number of sulfonamides is 1. The normalized spacial score (nSPS) is 19.0. The third-order valence-corrected chi connectivity index (χ3v) is 5.51. The molecule has 8 nitrogen and oxygen atoms in total. The van der Waals surface area contributed by atoms with Gasteiger partial charge in [-0.1, -0.05) is 17.3 Å². The SMILES string of the molecule is CON=C(C)C1C(=O)N(C)N=C1c1ccc(S(=O)(=O)N(C)C)cc1. The van der Waals surface area contributed by atoms with Gasteiger partial charge in [0, 0.05) is 21.1 Å². The Labute approximate surface area is 141 Å². The highest BCUT2D eigenvalue weighted by Crippen LogP contribution is 2.23. The van der Waals surface area contributed by atoms with E-state index in [9.17, 15) is 13.2 Å². The molecular formula is C15H20N4O4S. The molecule has 0 aliphatic carbocycles. The van der Waals surface area contributed by atoms with E-state index >= 15 is 0 Å². The predicted octanol–water partition coefficient (Wildman–Crippen LogP) is 0.752. The maximum Gasteiger partial charge on any atom is 0.257 e. The molecule has 1 unspecified atom stereocenters.